The molecule has 3 nitrogen and oxygen atoms in total. The molecule has 1 N–H and O–H groups in total. The van der Waals surface area contributed by atoms with Crippen LogP contribution in [0.4, 0.5) is 11.4 Å². The van der Waals surface area contributed by atoms with E-state index < -0.39 is 0 Å². The largest absolute Gasteiger partial charge is 0.362 e. The standard InChI is InChI=1S/C23H22N2O/c26-23(17-25-16-8-12-19-11-4-7-15-22(19)25)24-21-14-6-5-13-20(21)18-9-2-1-3-10-18/h1-7,9-11,13-15H,8,12,16-17H2,(H,24,26). The van der Waals surface area contributed by atoms with Crippen LogP contribution in [0.2, 0.25) is 0 Å². The number of hydrogen-bond acceptors (Lipinski definition) is 2. The van der Waals surface area contributed by atoms with E-state index in [4.69, 9.17) is 0 Å². The van der Waals surface area contributed by atoms with Gasteiger partial charge in [-0.15, -0.1) is 0 Å². The molecule has 0 saturated carbocycles. The van der Waals surface area contributed by atoms with E-state index in [1.54, 1.807) is 0 Å². The number of nitrogens with one attached hydrogen (secondary N) is 1. The Morgan fingerprint density at radius 3 is 2.50 bits per heavy atom. The van der Waals surface area contributed by atoms with E-state index >= 15 is 0 Å². The van der Waals surface area contributed by atoms with Crippen molar-refractivity contribution in [3.05, 3.63) is 84.4 Å². The van der Waals surface area contributed by atoms with Crippen molar-refractivity contribution in [2.75, 3.05) is 23.3 Å². The molecule has 130 valence electrons. The minimum Gasteiger partial charge on any atom is -0.362 e. The zero-order chi connectivity index (χ0) is 17.8. The first-order valence-electron chi connectivity index (χ1n) is 9.08. The fourth-order valence-electron chi connectivity index (χ4n) is 3.60. The van der Waals surface area contributed by atoms with Gasteiger partial charge in [0.2, 0.25) is 5.91 Å². The summed E-state index contributed by atoms with van der Waals surface area (Å²) in [7, 11) is 0. The highest BCUT2D eigenvalue weighted by Gasteiger charge is 2.19. The van der Waals surface area contributed by atoms with Gasteiger partial charge in [-0.05, 0) is 36.1 Å². The molecule has 0 atom stereocenters. The van der Waals surface area contributed by atoms with Crippen LogP contribution in [0.25, 0.3) is 11.1 Å². The number of aryl methyl sites for hydroxylation is 1. The van der Waals surface area contributed by atoms with Gasteiger partial charge in [-0.3, -0.25) is 4.79 Å². The lowest BCUT2D eigenvalue weighted by Gasteiger charge is -2.30. The lowest BCUT2D eigenvalue weighted by Crippen LogP contribution is -2.36. The van der Waals surface area contributed by atoms with Crippen molar-refractivity contribution in [1.82, 2.24) is 0 Å². The second-order valence-electron chi connectivity index (χ2n) is 6.61. The maximum Gasteiger partial charge on any atom is 0.243 e. The number of carbonyl (C=O) groups is 1. The molecule has 1 aliphatic heterocycles. The minimum atomic E-state index is 0.0186. The van der Waals surface area contributed by atoms with E-state index in [0.717, 1.165) is 36.2 Å². The number of rotatable bonds is 4. The Morgan fingerprint density at radius 1 is 0.885 bits per heavy atom. The molecule has 3 aromatic rings. The van der Waals surface area contributed by atoms with E-state index in [0.29, 0.717) is 6.54 Å². The monoisotopic (exact) mass is 342 g/mol. The maximum absolute atomic E-state index is 12.7. The second kappa shape index (κ2) is 7.44. The van der Waals surface area contributed by atoms with Crippen LogP contribution >= 0.6 is 0 Å². The minimum absolute atomic E-state index is 0.0186. The Bertz CT molecular complexity index is 905. The van der Waals surface area contributed by atoms with E-state index in [9.17, 15) is 4.79 Å². The van der Waals surface area contributed by atoms with Crippen LogP contribution in [0, 0.1) is 0 Å². The first-order valence-corrected chi connectivity index (χ1v) is 9.08. The van der Waals surface area contributed by atoms with Crippen LogP contribution in [0.1, 0.15) is 12.0 Å². The van der Waals surface area contributed by atoms with Crippen molar-refractivity contribution >= 4 is 17.3 Å². The number of nitrogens with zero attached hydrogens (tertiary/aromatic N) is 1. The zero-order valence-electron chi connectivity index (χ0n) is 14.7. The summed E-state index contributed by atoms with van der Waals surface area (Å²) in [4.78, 5) is 14.9. The molecular formula is C23H22N2O. The molecule has 0 radical (unpaired) electrons. The Morgan fingerprint density at radius 2 is 1.62 bits per heavy atom. The smallest absolute Gasteiger partial charge is 0.243 e. The molecule has 0 saturated heterocycles. The number of hydrogen-bond donors (Lipinski definition) is 1. The molecule has 26 heavy (non-hydrogen) atoms. The van der Waals surface area contributed by atoms with Crippen molar-refractivity contribution in [3.8, 4) is 11.1 Å². The predicted octanol–water partition coefficient (Wildman–Crippen LogP) is 4.74. The number of fused-ring (bicyclic) bond motifs is 1. The molecule has 3 aromatic carbocycles. The van der Waals surface area contributed by atoms with E-state index in [-0.39, 0.29) is 5.91 Å². The number of carbonyl (C=O) groups excluding carboxylic acids is 1. The third-order valence-corrected chi connectivity index (χ3v) is 4.83. The summed E-state index contributed by atoms with van der Waals surface area (Å²) < 4.78 is 0. The second-order valence-corrected chi connectivity index (χ2v) is 6.61. The van der Waals surface area contributed by atoms with Gasteiger partial charge in [-0.2, -0.15) is 0 Å². The summed E-state index contributed by atoms with van der Waals surface area (Å²) in [6, 6.07) is 26.5. The van der Waals surface area contributed by atoms with Gasteiger partial charge in [0, 0.05) is 23.5 Å². The lowest BCUT2D eigenvalue weighted by atomic mass is 10.0. The van der Waals surface area contributed by atoms with Crippen molar-refractivity contribution < 1.29 is 4.79 Å². The molecule has 1 heterocycles. The fraction of sp³-hybridized carbons (Fsp3) is 0.174. The van der Waals surface area contributed by atoms with Crippen molar-refractivity contribution in [3.63, 3.8) is 0 Å². The first-order chi connectivity index (χ1) is 12.8. The molecule has 0 fully saturated rings. The van der Waals surface area contributed by atoms with Gasteiger partial charge < -0.3 is 10.2 Å². The molecule has 0 unspecified atom stereocenters. The van der Waals surface area contributed by atoms with Crippen LogP contribution in [-0.2, 0) is 11.2 Å². The van der Waals surface area contributed by atoms with E-state index in [2.05, 4.69) is 40.5 Å². The summed E-state index contributed by atoms with van der Waals surface area (Å²) in [5.74, 6) is 0.0186. The summed E-state index contributed by atoms with van der Waals surface area (Å²) in [6.07, 6.45) is 2.18. The highest BCUT2D eigenvalue weighted by molar-refractivity contribution is 5.98. The maximum atomic E-state index is 12.7. The number of anilines is 2. The summed E-state index contributed by atoms with van der Waals surface area (Å²) in [5.41, 5.74) is 5.52. The lowest BCUT2D eigenvalue weighted by molar-refractivity contribution is -0.115. The molecule has 3 heteroatoms. The summed E-state index contributed by atoms with van der Waals surface area (Å²) in [5, 5.41) is 3.11. The quantitative estimate of drug-likeness (QED) is 0.742. The molecule has 0 bridgehead atoms. The zero-order valence-corrected chi connectivity index (χ0v) is 14.7. The van der Waals surface area contributed by atoms with Crippen molar-refractivity contribution in [2.45, 2.75) is 12.8 Å². The predicted molar refractivity (Wildman–Crippen MR) is 107 cm³/mol. The topological polar surface area (TPSA) is 32.3 Å². The van der Waals surface area contributed by atoms with Crippen LogP contribution in [0.5, 0.6) is 0 Å². The van der Waals surface area contributed by atoms with Gasteiger partial charge in [0.15, 0.2) is 0 Å². The van der Waals surface area contributed by atoms with Gasteiger partial charge in [0.25, 0.3) is 0 Å². The first kappa shape index (κ1) is 16.4. The Hall–Kier alpha value is -3.07. The fourth-order valence-corrected chi connectivity index (χ4v) is 3.60. The van der Waals surface area contributed by atoms with Gasteiger partial charge in [-0.25, -0.2) is 0 Å². The number of para-hydroxylation sites is 2. The van der Waals surface area contributed by atoms with Gasteiger partial charge in [0.05, 0.1) is 6.54 Å². The number of benzene rings is 3. The molecule has 0 aliphatic carbocycles. The average Bonchev–Trinajstić information content (AvgIpc) is 2.69. The van der Waals surface area contributed by atoms with Crippen LogP contribution in [0.3, 0.4) is 0 Å². The average molecular weight is 342 g/mol. The summed E-state index contributed by atoms with van der Waals surface area (Å²) >= 11 is 0. The van der Waals surface area contributed by atoms with Crippen LogP contribution in [0.15, 0.2) is 78.9 Å². The molecule has 1 amide bonds. The summed E-state index contributed by atoms with van der Waals surface area (Å²) in [6.45, 7) is 1.30. The SMILES string of the molecule is O=C(CN1CCCc2ccccc21)Nc1ccccc1-c1ccccc1. The van der Waals surface area contributed by atoms with Gasteiger partial charge in [-0.1, -0.05) is 66.7 Å². The molecular weight excluding hydrogens is 320 g/mol. The Balaban J connectivity index is 1.52. The molecule has 4 rings (SSSR count). The van der Waals surface area contributed by atoms with Gasteiger partial charge >= 0.3 is 0 Å². The Labute approximate surface area is 154 Å². The molecule has 1 aliphatic rings. The van der Waals surface area contributed by atoms with Crippen LogP contribution < -0.4 is 10.2 Å². The molecule has 0 aromatic heterocycles. The third kappa shape index (κ3) is 3.47. The van der Waals surface area contributed by atoms with Gasteiger partial charge in [0.1, 0.15) is 0 Å². The van der Waals surface area contributed by atoms with Crippen molar-refractivity contribution in [1.29, 1.82) is 0 Å². The van der Waals surface area contributed by atoms with E-state index in [1.165, 1.54) is 11.3 Å². The van der Waals surface area contributed by atoms with Crippen LogP contribution in [-0.4, -0.2) is 19.0 Å². The molecule has 0 spiro atoms. The third-order valence-electron chi connectivity index (χ3n) is 4.83. The van der Waals surface area contributed by atoms with Crippen molar-refractivity contribution in [2.24, 2.45) is 0 Å². The Kier molecular flexibility index (Phi) is 4.69. The normalized spacial score (nSPS) is 13.2. The highest BCUT2D eigenvalue weighted by Crippen LogP contribution is 2.29. The van der Waals surface area contributed by atoms with E-state index in [1.807, 2.05) is 48.5 Å². The number of amides is 1. The highest BCUT2D eigenvalue weighted by atomic mass is 16.2.